The molecule has 20 heavy (non-hydrogen) atoms. The summed E-state index contributed by atoms with van der Waals surface area (Å²) in [4.78, 5) is 21.7. The molecule has 3 aromatic rings. The molecule has 0 saturated heterocycles. The Kier molecular flexibility index (Phi) is 3.62. The highest BCUT2D eigenvalue weighted by Crippen LogP contribution is 2.21. The van der Waals surface area contributed by atoms with Crippen LogP contribution in [0, 0.1) is 6.92 Å². The van der Waals surface area contributed by atoms with Crippen LogP contribution in [0.5, 0.6) is 0 Å². The second-order valence-electron chi connectivity index (χ2n) is 4.37. The first-order chi connectivity index (χ1) is 9.69. The summed E-state index contributed by atoms with van der Waals surface area (Å²) in [5.41, 5.74) is 1.72. The molecule has 0 aliphatic rings. The molecule has 7 heteroatoms. The van der Waals surface area contributed by atoms with Gasteiger partial charge in [0, 0.05) is 41.8 Å². The van der Waals surface area contributed by atoms with E-state index in [-0.39, 0.29) is 5.56 Å². The van der Waals surface area contributed by atoms with E-state index in [0.717, 1.165) is 28.0 Å². The smallest absolute Gasteiger partial charge is 0.258 e. The van der Waals surface area contributed by atoms with Gasteiger partial charge in [-0.1, -0.05) is 11.8 Å². The van der Waals surface area contributed by atoms with Gasteiger partial charge < -0.3 is 4.57 Å². The topological polar surface area (TPSA) is 52.2 Å². The second kappa shape index (κ2) is 5.41. The monoisotopic (exact) mass is 306 g/mol. The number of aryl methyl sites for hydroxylation is 2. The van der Waals surface area contributed by atoms with Gasteiger partial charge in [-0.3, -0.25) is 9.20 Å². The number of imidazole rings is 1. The molecule has 3 aromatic heterocycles. The fraction of sp³-hybridized carbons (Fsp3) is 0.308. The van der Waals surface area contributed by atoms with Gasteiger partial charge in [-0.15, -0.1) is 11.3 Å². The lowest BCUT2D eigenvalue weighted by molar-refractivity contribution is 0.681. The van der Waals surface area contributed by atoms with E-state index in [1.54, 1.807) is 28.4 Å². The van der Waals surface area contributed by atoms with Gasteiger partial charge in [-0.2, -0.15) is 0 Å². The fourth-order valence-corrected chi connectivity index (χ4v) is 3.80. The number of hydrogen-bond donors (Lipinski definition) is 0. The Morgan fingerprint density at radius 2 is 2.30 bits per heavy atom. The molecule has 0 spiro atoms. The molecular weight excluding hydrogens is 292 g/mol. The van der Waals surface area contributed by atoms with Gasteiger partial charge in [-0.25, -0.2) is 9.97 Å². The van der Waals surface area contributed by atoms with Crippen molar-refractivity contribution in [2.45, 2.75) is 31.3 Å². The SMILES string of the molecule is CCn1ccnc1SCc1cc(=O)n2c(C)csc2n1. The molecule has 3 heterocycles. The first-order valence-corrected chi connectivity index (χ1v) is 8.16. The molecule has 104 valence electrons. The van der Waals surface area contributed by atoms with E-state index in [4.69, 9.17) is 0 Å². The number of aromatic nitrogens is 4. The average Bonchev–Trinajstić information content (AvgIpc) is 3.03. The zero-order valence-electron chi connectivity index (χ0n) is 11.2. The van der Waals surface area contributed by atoms with Crippen LogP contribution in [0.25, 0.3) is 4.96 Å². The molecule has 0 fully saturated rings. The maximum absolute atomic E-state index is 12.1. The summed E-state index contributed by atoms with van der Waals surface area (Å²) in [5, 5.41) is 2.90. The van der Waals surface area contributed by atoms with Crippen molar-refractivity contribution >= 4 is 28.1 Å². The maximum atomic E-state index is 12.1. The van der Waals surface area contributed by atoms with Gasteiger partial charge in [0.25, 0.3) is 5.56 Å². The molecule has 0 atom stereocenters. The van der Waals surface area contributed by atoms with Gasteiger partial charge in [0.1, 0.15) is 0 Å². The first-order valence-electron chi connectivity index (χ1n) is 6.29. The lowest BCUT2D eigenvalue weighted by Gasteiger charge is -2.04. The normalized spacial score (nSPS) is 11.3. The number of nitrogens with zero attached hydrogens (tertiary/aromatic N) is 4. The second-order valence-corrected chi connectivity index (χ2v) is 6.14. The van der Waals surface area contributed by atoms with Crippen molar-refractivity contribution in [2.75, 3.05) is 0 Å². The lowest BCUT2D eigenvalue weighted by atomic mass is 10.4. The number of thiazole rings is 1. The Morgan fingerprint density at radius 1 is 1.45 bits per heavy atom. The Hall–Kier alpha value is -1.60. The van der Waals surface area contributed by atoms with E-state index in [1.807, 2.05) is 18.5 Å². The third-order valence-electron chi connectivity index (χ3n) is 3.00. The van der Waals surface area contributed by atoms with Crippen LogP contribution in [-0.2, 0) is 12.3 Å². The molecule has 0 aliphatic heterocycles. The molecule has 3 rings (SSSR count). The fourth-order valence-electron chi connectivity index (χ4n) is 1.99. The van der Waals surface area contributed by atoms with Gasteiger partial charge in [0.05, 0.1) is 5.69 Å². The van der Waals surface area contributed by atoms with Crippen LogP contribution in [-0.4, -0.2) is 18.9 Å². The Labute approximate surface area is 124 Å². The van der Waals surface area contributed by atoms with E-state index in [0.29, 0.717) is 5.75 Å². The quantitative estimate of drug-likeness (QED) is 0.695. The summed E-state index contributed by atoms with van der Waals surface area (Å²) in [5.74, 6) is 0.652. The number of hydrogen-bond acceptors (Lipinski definition) is 5. The molecule has 0 saturated carbocycles. The minimum absolute atomic E-state index is 0.0109. The molecule has 0 radical (unpaired) electrons. The van der Waals surface area contributed by atoms with Crippen molar-refractivity contribution < 1.29 is 0 Å². The van der Waals surface area contributed by atoms with E-state index >= 15 is 0 Å². The van der Waals surface area contributed by atoms with E-state index < -0.39 is 0 Å². The molecular formula is C13H14N4OS2. The summed E-state index contributed by atoms with van der Waals surface area (Å²) >= 11 is 3.10. The predicted molar refractivity (Wildman–Crippen MR) is 81.5 cm³/mol. The summed E-state index contributed by atoms with van der Waals surface area (Å²) < 4.78 is 3.72. The highest BCUT2D eigenvalue weighted by Gasteiger charge is 2.08. The summed E-state index contributed by atoms with van der Waals surface area (Å²) in [7, 11) is 0. The van der Waals surface area contributed by atoms with Crippen LogP contribution in [0.1, 0.15) is 18.3 Å². The van der Waals surface area contributed by atoms with Crippen molar-refractivity contribution in [3.05, 3.63) is 45.6 Å². The van der Waals surface area contributed by atoms with Gasteiger partial charge >= 0.3 is 0 Å². The Morgan fingerprint density at radius 3 is 3.10 bits per heavy atom. The summed E-state index contributed by atoms with van der Waals surface area (Å²) in [6, 6.07) is 1.61. The molecule has 0 aromatic carbocycles. The molecule has 5 nitrogen and oxygen atoms in total. The molecule has 0 unspecified atom stereocenters. The molecule has 0 N–H and O–H groups in total. The Balaban J connectivity index is 1.86. The average molecular weight is 306 g/mol. The minimum atomic E-state index is -0.0109. The van der Waals surface area contributed by atoms with Crippen molar-refractivity contribution in [1.29, 1.82) is 0 Å². The number of rotatable bonds is 4. The van der Waals surface area contributed by atoms with Crippen LogP contribution >= 0.6 is 23.1 Å². The molecule has 0 aliphatic carbocycles. The maximum Gasteiger partial charge on any atom is 0.258 e. The van der Waals surface area contributed by atoms with Gasteiger partial charge in [0.2, 0.25) is 0 Å². The van der Waals surface area contributed by atoms with Crippen molar-refractivity contribution in [1.82, 2.24) is 18.9 Å². The zero-order chi connectivity index (χ0) is 14.1. The van der Waals surface area contributed by atoms with Crippen molar-refractivity contribution in [2.24, 2.45) is 0 Å². The van der Waals surface area contributed by atoms with Crippen LogP contribution in [0.3, 0.4) is 0 Å². The molecule has 0 amide bonds. The van der Waals surface area contributed by atoms with Crippen molar-refractivity contribution in [3.63, 3.8) is 0 Å². The third-order valence-corrected chi connectivity index (χ3v) is 4.98. The van der Waals surface area contributed by atoms with Crippen LogP contribution in [0.2, 0.25) is 0 Å². The summed E-state index contributed by atoms with van der Waals surface area (Å²) in [6.45, 7) is 4.89. The standard InChI is InChI=1S/C13H14N4OS2/c1-3-16-5-4-14-12(16)20-8-10-6-11(18)17-9(2)7-19-13(17)15-10/h4-7H,3,8H2,1-2H3. The van der Waals surface area contributed by atoms with Gasteiger partial charge in [-0.05, 0) is 13.8 Å². The third kappa shape index (κ3) is 2.38. The molecule has 0 bridgehead atoms. The van der Waals surface area contributed by atoms with Crippen LogP contribution in [0.4, 0.5) is 0 Å². The Bertz CT molecular complexity index is 802. The predicted octanol–water partition coefficient (Wildman–Crippen LogP) is 2.57. The van der Waals surface area contributed by atoms with Gasteiger partial charge in [0.15, 0.2) is 10.1 Å². The highest BCUT2D eigenvalue weighted by molar-refractivity contribution is 7.98. The van der Waals surface area contributed by atoms with Crippen LogP contribution < -0.4 is 5.56 Å². The van der Waals surface area contributed by atoms with Crippen molar-refractivity contribution in [3.8, 4) is 0 Å². The van der Waals surface area contributed by atoms with E-state index in [2.05, 4.69) is 21.5 Å². The lowest BCUT2D eigenvalue weighted by Crippen LogP contribution is -2.14. The van der Waals surface area contributed by atoms with E-state index in [1.165, 1.54) is 11.3 Å². The number of fused-ring (bicyclic) bond motifs is 1. The highest BCUT2D eigenvalue weighted by atomic mass is 32.2. The minimum Gasteiger partial charge on any atom is -0.326 e. The van der Waals surface area contributed by atoms with Crippen LogP contribution in [0.15, 0.2) is 33.8 Å². The first kappa shape index (κ1) is 13.4. The number of thioether (sulfide) groups is 1. The largest absolute Gasteiger partial charge is 0.326 e. The summed E-state index contributed by atoms with van der Waals surface area (Å²) in [6.07, 6.45) is 3.75. The zero-order valence-corrected chi connectivity index (χ0v) is 12.9. The van der Waals surface area contributed by atoms with E-state index in [9.17, 15) is 4.79 Å².